The first kappa shape index (κ1) is 25.7. The lowest BCUT2D eigenvalue weighted by Gasteiger charge is -2.34. The predicted molar refractivity (Wildman–Crippen MR) is 139 cm³/mol. The third-order valence-electron chi connectivity index (χ3n) is 7.22. The van der Waals surface area contributed by atoms with Gasteiger partial charge in [0.1, 0.15) is 11.3 Å². The molecule has 0 radical (unpaired) electrons. The fourth-order valence-electron chi connectivity index (χ4n) is 5.48. The van der Waals surface area contributed by atoms with Gasteiger partial charge in [-0.25, -0.2) is 8.42 Å². The van der Waals surface area contributed by atoms with Crippen molar-refractivity contribution in [3.63, 3.8) is 0 Å². The number of ether oxygens (including phenoxy) is 1. The number of pyridine rings is 1. The van der Waals surface area contributed by atoms with Gasteiger partial charge in [0.2, 0.25) is 15.5 Å². The standard InChI is InChI=1S/C27H33N3O6S/c1-18-11-19(2)15-30(14-18)37(33,34)22-7-8-25-23(12-22)26(31)24(13-28-25)27(32)29(16-20-5-3-9-35-20)17-21-6-4-10-36-21/h3,5,7-9,12-13,18-19,21H,4,6,10-11,14-17H2,1-2H3,(H,28,31). The van der Waals surface area contributed by atoms with Crippen LogP contribution in [0.4, 0.5) is 0 Å². The Morgan fingerprint density at radius 3 is 2.65 bits per heavy atom. The molecule has 0 saturated carbocycles. The third-order valence-corrected chi connectivity index (χ3v) is 9.05. The molecule has 9 nitrogen and oxygen atoms in total. The Morgan fingerprint density at radius 1 is 1.19 bits per heavy atom. The number of aromatic nitrogens is 1. The summed E-state index contributed by atoms with van der Waals surface area (Å²) in [5, 5.41) is 0.167. The summed E-state index contributed by atoms with van der Waals surface area (Å²) in [6.07, 6.45) is 5.58. The van der Waals surface area contributed by atoms with Crippen LogP contribution in [-0.2, 0) is 21.3 Å². The van der Waals surface area contributed by atoms with Crippen LogP contribution in [0.25, 0.3) is 10.9 Å². The number of fused-ring (bicyclic) bond motifs is 1. The monoisotopic (exact) mass is 527 g/mol. The van der Waals surface area contributed by atoms with Gasteiger partial charge < -0.3 is 19.0 Å². The van der Waals surface area contributed by atoms with E-state index in [9.17, 15) is 18.0 Å². The Morgan fingerprint density at radius 2 is 1.97 bits per heavy atom. The number of carbonyl (C=O) groups excluding carboxylic acids is 1. The minimum Gasteiger partial charge on any atom is -0.467 e. The summed E-state index contributed by atoms with van der Waals surface area (Å²) >= 11 is 0. The van der Waals surface area contributed by atoms with Gasteiger partial charge in [0.25, 0.3) is 5.91 Å². The average molecular weight is 528 g/mol. The number of piperidine rings is 1. The third kappa shape index (κ3) is 5.37. The molecule has 5 rings (SSSR count). The smallest absolute Gasteiger partial charge is 0.259 e. The van der Waals surface area contributed by atoms with Crippen LogP contribution in [-0.4, -0.2) is 60.9 Å². The van der Waals surface area contributed by atoms with E-state index in [4.69, 9.17) is 9.15 Å². The van der Waals surface area contributed by atoms with Crippen molar-refractivity contribution in [1.29, 1.82) is 0 Å². The fourth-order valence-corrected chi connectivity index (χ4v) is 7.19. The van der Waals surface area contributed by atoms with E-state index in [1.165, 1.54) is 22.6 Å². The molecule has 1 aromatic carbocycles. The second kappa shape index (κ2) is 10.4. The van der Waals surface area contributed by atoms with E-state index in [-0.39, 0.29) is 40.3 Å². The number of amides is 1. The maximum absolute atomic E-state index is 13.6. The van der Waals surface area contributed by atoms with E-state index >= 15 is 0 Å². The van der Waals surface area contributed by atoms with Gasteiger partial charge >= 0.3 is 0 Å². The normalized spacial score (nSPS) is 22.9. The molecule has 4 heterocycles. The first-order valence-electron chi connectivity index (χ1n) is 12.8. The Bertz CT molecular complexity index is 1420. The van der Waals surface area contributed by atoms with E-state index in [1.807, 2.05) is 13.8 Å². The van der Waals surface area contributed by atoms with Crippen molar-refractivity contribution >= 4 is 26.8 Å². The molecule has 1 N–H and O–H groups in total. The quantitative estimate of drug-likeness (QED) is 0.502. The van der Waals surface area contributed by atoms with Crippen LogP contribution in [0.3, 0.4) is 0 Å². The summed E-state index contributed by atoms with van der Waals surface area (Å²) in [7, 11) is -3.78. The lowest BCUT2D eigenvalue weighted by molar-refractivity contribution is 0.0490. The summed E-state index contributed by atoms with van der Waals surface area (Å²) < 4.78 is 39.6. The van der Waals surface area contributed by atoms with Crippen LogP contribution in [0.2, 0.25) is 0 Å². The molecule has 2 saturated heterocycles. The number of sulfonamides is 1. The molecule has 3 atom stereocenters. The number of carbonyl (C=O) groups is 1. The van der Waals surface area contributed by atoms with Crippen LogP contribution < -0.4 is 5.43 Å². The summed E-state index contributed by atoms with van der Waals surface area (Å²) in [5.74, 6) is 0.662. The van der Waals surface area contributed by atoms with Crippen molar-refractivity contribution in [2.24, 2.45) is 11.8 Å². The SMILES string of the molecule is CC1CC(C)CN(S(=O)(=O)c2ccc3[nH]cc(C(=O)N(Cc4ccco4)CC4CCCO4)c(=O)c3c2)C1. The zero-order valence-electron chi connectivity index (χ0n) is 21.2. The maximum Gasteiger partial charge on any atom is 0.259 e. The van der Waals surface area contributed by atoms with Crippen LogP contribution in [0.1, 0.15) is 49.2 Å². The van der Waals surface area contributed by atoms with Crippen LogP contribution >= 0.6 is 0 Å². The minimum absolute atomic E-state index is 0.0492. The average Bonchev–Trinajstić information content (AvgIpc) is 3.57. The van der Waals surface area contributed by atoms with Crippen molar-refractivity contribution in [1.82, 2.24) is 14.2 Å². The van der Waals surface area contributed by atoms with Gasteiger partial charge in [0.15, 0.2) is 0 Å². The van der Waals surface area contributed by atoms with E-state index < -0.39 is 21.4 Å². The fraction of sp³-hybridized carbons (Fsp3) is 0.481. The lowest BCUT2D eigenvalue weighted by Crippen LogP contribution is -2.42. The zero-order valence-corrected chi connectivity index (χ0v) is 22.0. The van der Waals surface area contributed by atoms with Crippen LogP contribution in [0.5, 0.6) is 0 Å². The number of furan rings is 1. The first-order chi connectivity index (χ1) is 17.7. The molecule has 2 fully saturated rings. The van der Waals surface area contributed by atoms with Crippen LogP contribution in [0.15, 0.2) is 56.9 Å². The number of nitrogens with one attached hydrogen (secondary N) is 1. The van der Waals surface area contributed by atoms with Crippen molar-refractivity contribution in [2.45, 2.75) is 50.7 Å². The molecule has 0 bridgehead atoms. The molecule has 0 spiro atoms. The number of H-pyrrole nitrogens is 1. The largest absolute Gasteiger partial charge is 0.467 e. The molecule has 2 aromatic heterocycles. The second-order valence-corrected chi connectivity index (χ2v) is 12.3. The summed E-state index contributed by atoms with van der Waals surface area (Å²) in [4.78, 5) is 31.8. The van der Waals surface area contributed by atoms with Crippen molar-refractivity contribution < 1.29 is 22.4 Å². The number of hydrogen-bond donors (Lipinski definition) is 1. The minimum atomic E-state index is -3.78. The molecule has 1 amide bonds. The maximum atomic E-state index is 13.6. The highest BCUT2D eigenvalue weighted by atomic mass is 32.2. The van der Waals surface area contributed by atoms with Crippen molar-refractivity contribution in [3.8, 4) is 0 Å². The highest BCUT2D eigenvalue weighted by Gasteiger charge is 2.32. The lowest BCUT2D eigenvalue weighted by atomic mass is 9.94. The summed E-state index contributed by atoms with van der Waals surface area (Å²) in [6.45, 7) is 6.17. The Kier molecular flexibility index (Phi) is 7.24. The summed E-state index contributed by atoms with van der Waals surface area (Å²) in [5.41, 5.74) is -0.0858. The number of nitrogens with zero attached hydrogens (tertiary/aromatic N) is 2. The van der Waals surface area contributed by atoms with Crippen molar-refractivity contribution in [2.75, 3.05) is 26.2 Å². The van der Waals surface area contributed by atoms with Gasteiger partial charge in [-0.2, -0.15) is 4.31 Å². The molecule has 37 heavy (non-hydrogen) atoms. The van der Waals surface area contributed by atoms with Crippen molar-refractivity contribution in [3.05, 3.63) is 64.3 Å². The number of aromatic amines is 1. The number of rotatable bonds is 7. The molecule has 10 heteroatoms. The van der Waals surface area contributed by atoms with Gasteiger partial charge in [0.05, 0.1) is 23.8 Å². The van der Waals surface area contributed by atoms with Gasteiger partial charge in [-0.05, 0) is 61.4 Å². The summed E-state index contributed by atoms with van der Waals surface area (Å²) in [6, 6.07) is 8.01. The molecule has 3 unspecified atom stereocenters. The van der Waals surface area contributed by atoms with E-state index in [1.54, 1.807) is 29.4 Å². The highest BCUT2D eigenvalue weighted by molar-refractivity contribution is 7.89. The molecule has 0 aliphatic carbocycles. The molecule has 2 aliphatic rings. The number of benzene rings is 1. The van der Waals surface area contributed by atoms with Gasteiger partial charge in [0, 0.05) is 43.3 Å². The molecular formula is C27H33N3O6S. The van der Waals surface area contributed by atoms with E-state index in [2.05, 4.69) is 4.98 Å². The second-order valence-electron chi connectivity index (χ2n) is 10.4. The molecule has 2 aliphatic heterocycles. The highest BCUT2D eigenvalue weighted by Crippen LogP contribution is 2.28. The Hall–Kier alpha value is -2.95. The molecular weight excluding hydrogens is 494 g/mol. The predicted octanol–water partition coefficient (Wildman–Crippen LogP) is 3.61. The van der Waals surface area contributed by atoms with Gasteiger partial charge in [-0.1, -0.05) is 13.8 Å². The topological polar surface area (TPSA) is 113 Å². The number of hydrogen-bond acceptors (Lipinski definition) is 6. The van der Waals surface area contributed by atoms with Gasteiger partial charge in [-0.15, -0.1) is 0 Å². The van der Waals surface area contributed by atoms with Crippen LogP contribution in [0, 0.1) is 11.8 Å². The molecule has 198 valence electrons. The van der Waals surface area contributed by atoms with E-state index in [0.717, 1.165) is 19.3 Å². The van der Waals surface area contributed by atoms with Gasteiger partial charge in [-0.3, -0.25) is 9.59 Å². The first-order valence-corrected chi connectivity index (χ1v) is 14.2. The zero-order chi connectivity index (χ0) is 26.2. The Balaban J connectivity index is 1.48. The van der Waals surface area contributed by atoms with E-state index in [0.29, 0.717) is 37.5 Å². The molecule has 3 aromatic rings. The Labute approximate surface area is 216 Å².